The fourth-order valence-electron chi connectivity index (χ4n) is 1.74. The monoisotopic (exact) mass is 299 g/mol. The van der Waals surface area contributed by atoms with Crippen molar-refractivity contribution < 1.29 is 17.8 Å². The van der Waals surface area contributed by atoms with Crippen LogP contribution in [0.5, 0.6) is 0 Å². The summed E-state index contributed by atoms with van der Waals surface area (Å²) < 4.78 is 32.2. The zero-order valence-corrected chi connectivity index (χ0v) is 13.0. The molecule has 5 nitrogen and oxygen atoms in total. The number of nitrogens with one attached hydrogen (secondary N) is 1. The Bertz CT molecular complexity index is 591. The van der Waals surface area contributed by atoms with Gasteiger partial charge >= 0.3 is 0 Å². The molecule has 0 aliphatic heterocycles. The van der Waals surface area contributed by atoms with E-state index in [2.05, 4.69) is 5.32 Å². The van der Waals surface area contributed by atoms with Gasteiger partial charge in [-0.2, -0.15) is 8.42 Å². The highest BCUT2D eigenvalue weighted by Crippen LogP contribution is 2.20. The summed E-state index contributed by atoms with van der Waals surface area (Å²) >= 11 is 0. The van der Waals surface area contributed by atoms with Gasteiger partial charge in [-0.15, -0.1) is 0 Å². The highest BCUT2D eigenvalue weighted by molar-refractivity contribution is 7.85. The number of hydrogen-bond acceptors (Lipinski definition) is 4. The van der Waals surface area contributed by atoms with Crippen molar-refractivity contribution >= 4 is 15.9 Å². The molecule has 6 heteroatoms. The van der Waals surface area contributed by atoms with Gasteiger partial charge in [0.2, 0.25) is 0 Å². The van der Waals surface area contributed by atoms with Crippen LogP contribution >= 0.6 is 0 Å². The molecule has 1 aromatic rings. The largest absolute Gasteiger partial charge is 0.310 e. The van der Waals surface area contributed by atoms with Crippen LogP contribution in [-0.4, -0.2) is 24.8 Å². The molecule has 0 aromatic heterocycles. The van der Waals surface area contributed by atoms with E-state index in [0.29, 0.717) is 17.7 Å². The van der Waals surface area contributed by atoms with Crippen molar-refractivity contribution in [3.05, 3.63) is 29.3 Å². The zero-order valence-electron chi connectivity index (χ0n) is 12.2. The van der Waals surface area contributed by atoms with Gasteiger partial charge in [-0.25, -0.2) is 0 Å². The standard InChI is InChI=1S/C14H21NO4S/c1-9(2)14(16)11-5-6-12(8-15-10(3)4)13(7-11)20(17,18)19/h5-7,9-10,15H,8H2,1-4H3,(H,17,18,19). The van der Waals surface area contributed by atoms with Crippen LogP contribution in [0.2, 0.25) is 0 Å². The number of carbonyl (C=O) groups excluding carboxylic acids is 1. The first-order valence-electron chi connectivity index (χ1n) is 6.51. The molecule has 0 fully saturated rings. The Morgan fingerprint density at radius 1 is 1.25 bits per heavy atom. The van der Waals surface area contributed by atoms with Crippen molar-refractivity contribution in [2.24, 2.45) is 5.92 Å². The molecule has 2 N–H and O–H groups in total. The van der Waals surface area contributed by atoms with Crippen LogP contribution in [0.4, 0.5) is 0 Å². The molecule has 0 unspecified atom stereocenters. The van der Waals surface area contributed by atoms with Crippen LogP contribution < -0.4 is 5.32 Å². The summed E-state index contributed by atoms with van der Waals surface area (Å²) in [5, 5.41) is 3.09. The Hall–Kier alpha value is -1.24. The first kappa shape index (κ1) is 16.8. The van der Waals surface area contributed by atoms with Crippen molar-refractivity contribution in [1.82, 2.24) is 5.32 Å². The van der Waals surface area contributed by atoms with Gasteiger partial charge in [0, 0.05) is 24.1 Å². The molecule has 112 valence electrons. The van der Waals surface area contributed by atoms with E-state index in [1.807, 2.05) is 13.8 Å². The van der Waals surface area contributed by atoms with Crippen molar-refractivity contribution in [2.45, 2.75) is 45.2 Å². The van der Waals surface area contributed by atoms with E-state index in [9.17, 15) is 17.8 Å². The fourth-order valence-corrected chi connectivity index (χ4v) is 2.49. The van der Waals surface area contributed by atoms with Crippen LogP contribution in [-0.2, 0) is 16.7 Å². The molecule has 1 rings (SSSR count). The molecule has 0 bridgehead atoms. The second-order valence-electron chi connectivity index (χ2n) is 5.35. The van der Waals surface area contributed by atoms with Gasteiger partial charge in [-0.05, 0) is 11.6 Å². The van der Waals surface area contributed by atoms with Crippen LogP contribution in [0, 0.1) is 5.92 Å². The zero-order chi connectivity index (χ0) is 15.5. The molecular formula is C14H21NO4S. The third kappa shape index (κ3) is 4.40. The van der Waals surface area contributed by atoms with Crippen molar-refractivity contribution in [2.75, 3.05) is 0 Å². The van der Waals surface area contributed by atoms with E-state index in [0.717, 1.165) is 0 Å². The number of ketones is 1. The lowest BCUT2D eigenvalue weighted by Crippen LogP contribution is -2.23. The number of benzene rings is 1. The number of carbonyl (C=O) groups is 1. The van der Waals surface area contributed by atoms with Crippen molar-refractivity contribution in [3.8, 4) is 0 Å². The third-order valence-electron chi connectivity index (χ3n) is 2.85. The Balaban J connectivity index is 3.24. The minimum atomic E-state index is -4.36. The van der Waals surface area contributed by atoms with Gasteiger partial charge in [0.25, 0.3) is 10.1 Å². The predicted octanol–water partition coefficient (Wildman–Crippen LogP) is 2.27. The van der Waals surface area contributed by atoms with Gasteiger partial charge in [0.1, 0.15) is 0 Å². The van der Waals surface area contributed by atoms with Crippen molar-refractivity contribution in [3.63, 3.8) is 0 Å². The summed E-state index contributed by atoms with van der Waals surface area (Å²) in [6, 6.07) is 4.58. The molecule has 0 saturated carbocycles. The van der Waals surface area contributed by atoms with E-state index < -0.39 is 10.1 Å². The summed E-state index contributed by atoms with van der Waals surface area (Å²) in [4.78, 5) is 11.7. The molecule has 0 aliphatic carbocycles. The van der Waals surface area contributed by atoms with Crippen LogP contribution in [0.3, 0.4) is 0 Å². The molecule has 0 amide bonds. The predicted molar refractivity (Wildman–Crippen MR) is 77.4 cm³/mol. The lowest BCUT2D eigenvalue weighted by atomic mass is 10.00. The van der Waals surface area contributed by atoms with E-state index in [1.165, 1.54) is 6.07 Å². The average molecular weight is 299 g/mol. The second-order valence-corrected chi connectivity index (χ2v) is 6.74. The van der Waals surface area contributed by atoms with E-state index in [1.54, 1.807) is 26.0 Å². The lowest BCUT2D eigenvalue weighted by Gasteiger charge is -2.13. The molecule has 0 spiro atoms. The summed E-state index contributed by atoms with van der Waals surface area (Å²) in [6.07, 6.45) is 0. The molecule has 0 heterocycles. The maximum absolute atomic E-state index is 11.9. The molecule has 1 aromatic carbocycles. The average Bonchev–Trinajstić information content (AvgIpc) is 2.33. The molecule has 0 atom stereocenters. The van der Waals surface area contributed by atoms with Crippen LogP contribution in [0.15, 0.2) is 23.1 Å². The lowest BCUT2D eigenvalue weighted by molar-refractivity contribution is 0.0939. The Labute approximate surface area is 120 Å². The number of rotatable bonds is 6. The molecule has 0 radical (unpaired) electrons. The molecule has 0 aliphatic rings. The highest BCUT2D eigenvalue weighted by Gasteiger charge is 2.19. The summed E-state index contributed by atoms with van der Waals surface area (Å²) in [5.41, 5.74) is 0.738. The van der Waals surface area contributed by atoms with E-state index in [-0.39, 0.29) is 22.6 Å². The van der Waals surface area contributed by atoms with Gasteiger partial charge in [0.15, 0.2) is 5.78 Å². The summed E-state index contributed by atoms with van der Waals surface area (Å²) in [5.74, 6) is -0.387. The van der Waals surface area contributed by atoms with Crippen LogP contribution in [0.25, 0.3) is 0 Å². The number of Topliss-reactive ketones (excluding diaryl/α,β-unsaturated/α-hetero) is 1. The van der Waals surface area contributed by atoms with Gasteiger partial charge in [-0.1, -0.05) is 39.8 Å². The number of hydrogen-bond donors (Lipinski definition) is 2. The maximum atomic E-state index is 11.9. The molecule has 0 saturated heterocycles. The van der Waals surface area contributed by atoms with Gasteiger partial charge in [-0.3, -0.25) is 9.35 Å². The SMILES string of the molecule is CC(C)NCc1ccc(C(=O)C(C)C)cc1S(=O)(=O)O. The Morgan fingerprint density at radius 3 is 2.30 bits per heavy atom. The van der Waals surface area contributed by atoms with E-state index >= 15 is 0 Å². The summed E-state index contributed by atoms with van der Waals surface area (Å²) in [6.45, 7) is 7.66. The van der Waals surface area contributed by atoms with E-state index in [4.69, 9.17) is 0 Å². The quantitative estimate of drug-likeness (QED) is 0.622. The fraction of sp³-hybridized carbons (Fsp3) is 0.500. The molecular weight excluding hydrogens is 278 g/mol. The molecule has 20 heavy (non-hydrogen) atoms. The van der Waals surface area contributed by atoms with Gasteiger partial charge in [0.05, 0.1) is 4.90 Å². The Kier molecular flexibility index (Phi) is 5.44. The third-order valence-corrected chi connectivity index (χ3v) is 3.79. The minimum absolute atomic E-state index is 0.154. The summed E-state index contributed by atoms with van der Waals surface area (Å²) in [7, 11) is -4.36. The van der Waals surface area contributed by atoms with Gasteiger partial charge < -0.3 is 5.32 Å². The smallest absolute Gasteiger partial charge is 0.294 e. The Morgan fingerprint density at radius 2 is 1.85 bits per heavy atom. The van der Waals surface area contributed by atoms with Crippen LogP contribution in [0.1, 0.15) is 43.6 Å². The topological polar surface area (TPSA) is 83.5 Å². The highest BCUT2D eigenvalue weighted by atomic mass is 32.2. The first-order chi connectivity index (χ1) is 9.12. The van der Waals surface area contributed by atoms with Crippen molar-refractivity contribution in [1.29, 1.82) is 0 Å². The minimum Gasteiger partial charge on any atom is -0.310 e. The normalized spacial score (nSPS) is 12.2. The second kappa shape index (κ2) is 6.47. The first-order valence-corrected chi connectivity index (χ1v) is 7.95. The maximum Gasteiger partial charge on any atom is 0.294 e.